The maximum Gasteiger partial charge on any atom is 0.122 e. The van der Waals surface area contributed by atoms with Crippen molar-refractivity contribution in [2.45, 2.75) is 174 Å². The van der Waals surface area contributed by atoms with Crippen LogP contribution < -0.4 is 4.74 Å². The van der Waals surface area contributed by atoms with Gasteiger partial charge in [-0.1, -0.05) is 118 Å². The Labute approximate surface area is 365 Å². The van der Waals surface area contributed by atoms with Gasteiger partial charge in [-0.2, -0.15) is 0 Å². The Morgan fingerprint density at radius 1 is 0.593 bits per heavy atom. The number of hydrogen-bond acceptors (Lipinski definition) is 5. The van der Waals surface area contributed by atoms with E-state index in [0.717, 1.165) is 24.3 Å². The highest BCUT2D eigenvalue weighted by Crippen LogP contribution is 2.50. The second-order valence-corrected chi connectivity index (χ2v) is 21.0. The molecule has 0 bridgehead atoms. The fourth-order valence-corrected chi connectivity index (χ4v) is 11.1. The largest absolute Gasteiger partial charge is 0.508 e. The molecule has 5 nitrogen and oxygen atoms in total. The van der Waals surface area contributed by atoms with Gasteiger partial charge in [0.1, 0.15) is 18.1 Å². The zero-order chi connectivity index (χ0) is 44.9. The first-order valence-electron chi connectivity index (χ1n) is 23.4. The van der Waals surface area contributed by atoms with E-state index in [1.54, 1.807) is 0 Å². The number of likely N-dealkylation sites (tertiary alicyclic amines) is 2. The van der Waals surface area contributed by atoms with Crippen molar-refractivity contribution in [1.29, 1.82) is 0 Å². The van der Waals surface area contributed by atoms with Crippen LogP contribution in [-0.4, -0.2) is 73.5 Å². The minimum Gasteiger partial charge on any atom is -0.508 e. The van der Waals surface area contributed by atoms with Crippen LogP contribution in [0, 0.1) is 35.5 Å². The van der Waals surface area contributed by atoms with E-state index in [9.17, 15) is 10.2 Å². The average Bonchev–Trinajstić information content (AvgIpc) is 3.14. The lowest BCUT2D eigenvalue weighted by atomic mass is 9.63. The number of ether oxygens (including phenoxy) is 1. The summed E-state index contributed by atoms with van der Waals surface area (Å²) in [5.74, 6) is 2.85. The van der Waals surface area contributed by atoms with Crippen molar-refractivity contribution in [3.05, 3.63) is 80.9 Å². The SMILES string of the molecule is CC.CC.CC1=C(CO)C(C)(C)CC(C)(C)C1.CC1=C(COc2ccc(C3CCN(C)CC3)cc2C)C(C)(C)CC(C)(C)C1.Cc1cc(C2CCN(C)CC2)ccc1O. The number of rotatable bonds is 6. The highest BCUT2D eigenvalue weighted by molar-refractivity contribution is 5.39. The molecule has 0 unspecified atom stereocenters. The molecule has 2 aliphatic heterocycles. The molecule has 59 heavy (non-hydrogen) atoms. The van der Waals surface area contributed by atoms with E-state index in [1.165, 1.54) is 110 Å². The quantitative estimate of drug-likeness (QED) is 0.285. The van der Waals surface area contributed by atoms with Crippen LogP contribution in [0.4, 0.5) is 0 Å². The van der Waals surface area contributed by atoms with Gasteiger partial charge in [-0.15, -0.1) is 0 Å². The van der Waals surface area contributed by atoms with E-state index in [2.05, 4.69) is 130 Å². The van der Waals surface area contributed by atoms with Crippen LogP contribution in [-0.2, 0) is 0 Å². The van der Waals surface area contributed by atoms with Crippen LogP contribution in [0.25, 0.3) is 0 Å². The molecule has 0 amide bonds. The number of allylic oxidation sites excluding steroid dienone is 2. The third-order valence-corrected chi connectivity index (χ3v) is 13.3. The topological polar surface area (TPSA) is 56.2 Å². The molecular weight excluding hydrogens is 725 g/mol. The highest BCUT2D eigenvalue weighted by atomic mass is 16.5. The standard InChI is InChI=1S/C25H39NO.C13H19NO.C12H22O.2C2H6/c1-18-14-21(20-10-12-26(7)13-11-20)8-9-23(18)27-16-22-19(2)15-24(3,4)17-25(22,5)6;1-10-9-12(3-4-13(10)15)11-5-7-14(2)8-6-11;1-9-6-11(2,3)8-12(4,5)10(9)7-13;2*1-2/h8-9,14,20H,10-13,15-17H2,1-7H3;3-4,9,11,15H,5-8H2,1-2H3;13H,6-8H2,1-5H3;2*1-2H3. The summed E-state index contributed by atoms with van der Waals surface area (Å²) in [6, 6.07) is 12.9. The third kappa shape index (κ3) is 15.7. The number of phenolic OH excluding ortho intramolecular Hbond substituents is 1. The van der Waals surface area contributed by atoms with Crippen LogP contribution >= 0.6 is 0 Å². The van der Waals surface area contributed by atoms with Gasteiger partial charge >= 0.3 is 0 Å². The molecule has 2 heterocycles. The Hall–Kier alpha value is -2.60. The minimum absolute atomic E-state index is 0.181. The van der Waals surface area contributed by atoms with Crippen LogP contribution in [0.3, 0.4) is 0 Å². The van der Waals surface area contributed by atoms with Crippen molar-refractivity contribution < 1.29 is 14.9 Å². The number of aryl methyl sites for hydroxylation is 2. The Kier molecular flexibility index (Phi) is 20.5. The lowest BCUT2D eigenvalue weighted by Gasteiger charge is -2.43. The molecule has 5 heteroatoms. The van der Waals surface area contributed by atoms with E-state index in [4.69, 9.17) is 4.74 Å². The van der Waals surface area contributed by atoms with Gasteiger partial charge in [0.2, 0.25) is 0 Å². The molecular formula is C54H92N2O3. The van der Waals surface area contributed by atoms with Crippen LogP contribution in [0.15, 0.2) is 58.7 Å². The van der Waals surface area contributed by atoms with Crippen LogP contribution in [0.1, 0.15) is 182 Å². The molecule has 2 aromatic carbocycles. The predicted octanol–water partition coefficient (Wildman–Crippen LogP) is 14.0. The summed E-state index contributed by atoms with van der Waals surface area (Å²) in [7, 11) is 4.40. The summed E-state index contributed by atoms with van der Waals surface area (Å²) in [5.41, 5.74) is 12.0. The van der Waals surface area contributed by atoms with Gasteiger partial charge in [0.25, 0.3) is 0 Å². The highest BCUT2D eigenvalue weighted by Gasteiger charge is 2.38. The number of piperidine rings is 2. The number of benzene rings is 2. The fourth-order valence-electron chi connectivity index (χ4n) is 11.1. The molecule has 0 aromatic heterocycles. The average molecular weight is 817 g/mol. The molecule has 2 saturated heterocycles. The maximum atomic E-state index is 9.48. The summed E-state index contributed by atoms with van der Waals surface area (Å²) in [5, 5.41) is 18.8. The third-order valence-electron chi connectivity index (χ3n) is 13.3. The van der Waals surface area contributed by atoms with Crippen LogP contribution in [0.5, 0.6) is 11.5 Å². The number of nitrogens with zero attached hydrogens (tertiary/aromatic N) is 2. The van der Waals surface area contributed by atoms with E-state index < -0.39 is 0 Å². The van der Waals surface area contributed by atoms with Crippen molar-refractivity contribution in [2.24, 2.45) is 21.7 Å². The van der Waals surface area contributed by atoms with E-state index >= 15 is 0 Å². The normalized spacial score (nSPS) is 21.7. The van der Waals surface area contributed by atoms with E-state index in [-0.39, 0.29) is 17.4 Å². The summed E-state index contributed by atoms with van der Waals surface area (Å²) in [4.78, 5) is 4.81. The Morgan fingerprint density at radius 3 is 1.36 bits per heavy atom. The van der Waals surface area contributed by atoms with E-state index in [0.29, 0.717) is 28.4 Å². The number of aromatic hydroxyl groups is 1. The zero-order valence-electron chi connectivity index (χ0n) is 41.7. The molecule has 0 atom stereocenters. The first-order valence-corrected chi connectivity index (χ1v) is 23.4. The smallest absolute Gasteiger partial charge is 0.122 e. The molecule has 2 N–H and O–H groups in total. The zero-order valence-corrected chi connectivity index (χ0v) is 41.7. The van der Waals surface area contributed by atoms with Crippen LogP contribution in [0.2, 0.25) is 0 Å². The lowest BCUT2D eigenvalue weighted by molar-refractivity contribution is 0.176. The van der Waals surface area contributed by atoms with Crippen molar-refractivity contribution in [3.8, 4) is 11.5 Å². The van der Waals surface area contributed by atoms with Crippen molar-refractivity contribution >= 4 is 0 Å². The fraction of sp³-hybridized carbons (Fsp3) is 0.704. The first kappa shape index (κ1) is 52.5. The summed E-state index contributed by atoms with van der Waals surface area (Å²) >= 11 is 0. The molecule has 0 spiro atoms. The Balaban J connectivity index is 0.000000318. The molecule has 6 rings (SSSR count). The molecule has 0 saturated carbocycles. The van der Waals surface area contributed by atoms with Gasteiger partial charge in [-0.05, 0) is 198 Å². The van der Waals surface area contributed by atoms with Gasteiger partial charge in [0.05, 0.1) is 6.61 Å². The van der Waals surface area contributed by atoms with Gasteiger partial charge in [-0.3, -0.25) is 0 Å². The molecule has 2 fully saturated rings. The molecule has 0 radical (unpaired) electrons. The predicted molar refractivity (Wildman–Crippen MR) is 257 cm³/mol. The van der Waals surface area contributed by atoms with Crippen molar-refractivity contribution in [3.63, 3.8) is 0 Å². The molecule has 4 aliphatic rings. The Bertz CT molecular complexity index is 1650. The monoisotopic (exact) mass is 817 g/mol. The molecule has 336 valence electrons. The maximum absolute atomic E-state index is 9.48. The number of phenols is 1. The van der Waals surface area contributed by atoms with Gasteiger partial charge in [0.15, 0.2) is 0 Å². The van der Waals surface area contributed by atoms with Gasteiger partial charge in [0, 0.05) is 0 Å². The molecule has 2 aromatic rings. The van der Waals surface area contributed by atoms with Crippen molar-refractivity contribution in [2.75, 3.05) is 53.5 Å². The summed E-state index contributed by atoms with van der Waals surface area (Å²) < 4.78 is 6.34. The number of aliphatic hydroxyl groups excluding tert-OH is 1. The van der Waals surface area contributed by atoms with Gasteiger partial charge in [-0.25, -0.2) is 0 Å². The second kappa shape index (κ2) is 23.0. The second-order valence-electron chi connectivity index (χ2n) is 21.0. The first-order chi connectivity index (χ1) is 27.5. The lowest BCUT2D eigenvalue weighted by Crippen LogP contribution is -2.33. The van der Waals surface area contributed by atoms with Crippen molar-refractivity contribution in [1.82, 2.24) is 9.80 Å². The summed E-state index contributed by atoms with van der Waals surface area (Å²) in [6.07, 6.45) is 9.73. The van der Waals surface area contributed by atoms with E-state index in [1.807, 2.05) is 40.7 Å². The summed E-state index contributed by atoms with van der Waals surface area (Å²) in [6.45, 7) is 41.0. The molecule has 2 aliphatic carbocycles. The number of aliphatic hydroxyl groups is 1. The Morgan fingerprint density at radius 2 is 0.983 bits per heavy atom. The number of hydrogen-bond donors (Lipinski definition) is 2. The minimum atomic E-state index is 0.181. The van der Waals surface area contributed by atoms with Gasteiger partial charge < -0.3 is 24.7 Å².